The van der Waals surface area contributed by atoms with E-state index in [9.17, 15) is 13.2 Å². The molecule has 0 amide bonds. The number of hydrogen-bond donors (Lipinski definition) is 0. The number of benzene rings is 6. The van der Waals surface area contributed by atoms with Gasteiger partial charge in [-0.1, -0.05) is 123 Å². The van der Waals surface area contributed by atoms with Gasteiger partial charge in [0.05, 0.1) is 21.8 Å². The molecule has 0 aliphatic heterocycles. The van der Waals surface area contributed by atoms with E-state index in [0.29, 0.717) is 17.0 Å². The zero-order valence-electron chi connectivity index (χ0n) is 32.0. The lowest BCUT2D eigenvalue weighted by Gasteiger charge is -2.26. The van der Waals surface area contributed by atoms with E-state index in [1.54, 1.807) is 11.3 Å². The lowest BCUT2D eigenvalue weighted by Crippen LogP contribution is -2.10. The Bertz CT molecular complexity index is 2670. The molecular formula is C51H39F3N2S. The first-order valence-electron chi connectivity index (χ1n) is 18.7. The summed E-state index contributed by atoms with van der Waals surface area (Å²) in [5, 5.41) is 1.13. The summed E-state index contributed by atoms with van der Waals surface area (Å²) < 4.78 is 41.6. The van der Waals surface area contributed by atoms with Crippen LogP contribution >= 0.6 is 11.3 Å². The molecule has 0 atom stereocenters. The Labute approximate surface area is 335 Å². The Morgan fingerprint density at radius 3 is 1.72 bits per heavy atom. The van der Waals surface area contributed by atoms with Gasteiger partial charge in [0.15, 0.2) is 0 Å². The van der Waals surface area contributed by atoms with Crippen LogP contribution in [0.3, 0.4) is 0 Å². The van der Waals surface area contributed by atoms with Crippen molar-refractivity contribution in [3.63, 3.8) is 0 Å². The molecule has 0 saturated carbocycles. The second kappa shape index (κ2) is 14.9. The quantitative estimate of drug-likeness (QED) is 0.150. The van der Waals surface area contributed by atoms with Gasteiger partial charge in [-0.05, 0) is 101 Å². The van der Waals surface area contributed by atoms with Crippen LogP contribution in [0, 0.1) is 19.3 Å². The van der Waals surface area contributed by atoms with Crippen molar-refractivity contribution in [2.75, 3.05) is 4.90 Å². The van der Waals surface area contributed by atoms with E-state index in [-0.39, 0.29) is 5.41 Å². The largest absolute Gasteiger partial charge is 0.416 e. The molecule has 0 radical (unpaired) electrons. The van der Waals surface area contributed by atoms with Crippen LogP contribution in [0.15, 0.2) is 158 Å². The Kier molecular flexibility index (Phi) is 9.81. The molecule has 2 heterocycles. The lowest BCUT2D eigenvalue weighted by atomic mass is 9.86. The first kappa shape index (κ1) is 37.5. The molecule has 8 rings (SSSR count). The third-order valence-corrected chi connectivity index (χ3v) is 11.4. The Hall–Kier alpha value is -6.42. The minimum Gasteiger partial charge on any atom is -0.310 e. The van der Waals surface area contributed by atoms with Gasteiger partial charge in [0.2, 0.25) is 0 Å². The van der Waals surface area contributed by atoms with E-state index in [2.05, 4.69) is 148 Å². The summed E-state index contributed by atoms with van der Waals surface area (Å²) in [5.74, 6) is 2.92. The van der Waals surface area contributed by atoms with Crippen molar-refractivity contribution < 1.29 is 13.2 Å². The van der Waals surface area contributed by atoms with Crippen molar-refractivity contribution >= 4 is 38.5 Å². The van der Waals surface area contributed by atoms with Crippen molar-refractivity contribution in [1.82, 2.24) is 4.98 Å². The van der Waals surface area contributed by atoms with Crippen molar-refractivity contribution in [3.8, 4) is 57.1 Å². The third-order valence-electron chi connectivity index (χ3n) is 10.3. The summed E-state index contributed by atoms with van der Waals surface area (Å²) in [6.45, 7) is 8.61. The van der Waals surface area contributed by atoms with Crippen LogP contribution in [0.4, 0.5) is 30.2 Å². The average Bonchev–Trinajstić information content (AvgIpc) is 3.60. The van der Waals surface area contributed by atoms with E-state index in [4.69, 9.17) is 11.4 Å². The van der Waals surface area contributed by atoms with E-state index >= 15 is 0 Å². The molecule has 6 aromatic carbocycles. The average molecular weight is 769 g/mol. The van der Waals surface area contributed by atoms with Gasteiger partial charge in [0.25, 0.3) is 0 Å². The molecule has 2 aromatic heterocycles. The van der Waals surface area contributed by atoms with Gasteiger partial charge in [-0.25, -0.2) is 4.98 Å². The monoisotopic (exact) mass is 768 g/mol. The van der Waals surface area contributed by atoms with E-state index < -0.39 is 11.7 Å². The van der Waals surface area contributed by atoms with E-state index in [0.717, 1.165) is 77.5 Å². The van der Waals surface area contributed by atoms with Crippen molar-refractivity contribution in [1.29, 1.82) is 0 Å². The predicted octanol–water partition coefficient (Wildman–Crippen LogP) is 15.0. The number of hydrogen-bond acceptors (Lipinski definition) is 3. The normalized spacial score (nSPS) is 11.8. The number of fused-ring (bicyclic) bond motifs is 1. The molecule has 0 N–H and O–H groups in total. The SMILES string of the molecule is C#Cc1sc2ccccc2c1-c1cccc(N(c2ccc(C)cc2)c2ccc(-c3cc(-c4ccc(C(C)(C)C)cc4)cc(-c4ccc(C(F)(F)F)cc4)n3)cc2)c1. The maximum atomic E-state index is 13.5. The van der Waals surface area contributed by atoms with Crippen molar-refractivity contribution in [2.45, 2.75) is 39.3 Å². The molecule has 6 heteroatoms. The van der Waals surface area contributed by atoms with Crippen LogP contribution in [-0.2, 0) is 11.6 Å². The molecule has 280 valence electrons. The first-order valence-corrected chi connectivity index (χ1v) is 19.5. The second-order valence-electron chi connectivity index (χ2n) is 15.2. The number of pyridine rings is 1. The minimum atomic E-state index is -4.42. The summed E-state index contributed by atoms with van der Waals surface area (Å²) in [6.07, 6.45) is 1.62. The Morgan fingerprint density at radius 2 is 1.12 bits per heavy atom. The fourth-order valence-electron chi connectivity index (χ4n) is 7.14. The number of alkyl halides is 3. The van der Waals surface area contributed by atoms with Crippen molar-refractivity contribution in [2.24, 2.45) is 0 Å². The minimum absolute atomic E-state index is 0.00819. The highest BCUT2D eigenvalue weighted by atomic mass is 32.1. The number of terminal acetylenes is 1. The zero-order valence-corrected chi connectivity index (χ0v) is 32.8. The number of halogens is 3. The molecule has 0 unspecified atom stereocenters. The number of anilines is 3. The number of thiophene rings is 1. The van der Waals surface area contributed by atoms with Gasteiger partial charge >= 0.3 is 6.18 Å². The zero-order chi connectivity index (χ0) is 39.9. The summed E-state index contributed by atoms with van der Waals surface area (Å²) >= 11 is 1.63. The highest BCUT2D eigenvalue weighted by Crippen LogP contribution is 2.42. The van der Waals surface area contributed by atoms with Crippen molar-refractivity contribution in [3.05, 3.63) is 179 Å². The fraction of sp³-hybridized carbons (Fsp3) is 0.118. The standard InChI is InChI=1S/C51H39F3N2S/c1-6-47-49(44-12-7-8-13-48(44)57-47)37-10-9-11-43(30-37)56(41-26-14-33(2)15-27-41)42-28-20-36(21-29-42)46-32-38(34-16-22-39(23-17-34)50(3,4)5)31-45(55-46)35-18-24-40(25-19-35)51(52,53)54/h1,7-32H,2-5H3. The van der Waals surface area contributed by atoms with Gasteiger partial charge in [-0.2, -0.15) is 13.2 Å². The number of nitrogens with zero attached hydrogens (tertiary/aromatic N) is 2. The molecule has 0 saturated heterocycles. The number of aryl methyl sites for hydroxylation is 1. The van der Waals surface area contributed by atoms with Gasteiger partial charge in [-0.3, -0.25) is 0 Å². The number of aromatic nitrogens is 1. The highest BCUT2D eigenvalue weighted by molar-refractivity contribution is 7.20. The van der Waals surface area contributed by atoms with Crippen LogP contribution in [0.1, 0.15) is 42.3 Å². The summed E-state index contributed by atoms with van der Waals surface area (Å²) in [6, 6.07) is 51.1. The second-order valence-corrected chi connectivity index (χ2v) is 16.3. The van der Waals surface area contributed by atoms with Crippen LogP contribution in [0.5, 0.6) is 0 Å². The first-order chi connectivity index (χ1) is 27.4. The smallest absolute Gasteiger partial charge is 0.310 e. The Morgan fingerprint density at radius 1 is 0.561 bits per heavy atom. The Balaban J connectivity index is 1.22. The maximum absolute atomic E-state index is 13.5. The maximum Gasteiger partial charge on any atom is 0.416 e. The molecule has 0 bridgehead atoms. The van der Waals surface area contributed by atoms with Crippen LogP contribution < -0.4 is 4.90 Å². The molecule has 0 aliphatic rings. The molecule has 2 nitrogen and oxygen atoms in total. The molecule has 8 aromatic rings. The van der Waals surface area contributed by atoms with Crippen LogP contribution in [-0.4, -0.2) is 4.98 Å². The summed E-state index contributed by atoms with van der Waals surface area (Å²) in [7, 11) is 0. The molecule has 0 aliphatic carbocycles. The van der Waals surface area contributed by atoms with Crippen LogP contribution in [0.25, 0.3) is 54.9 Å². The molecule has 57 heavy (non-hydrogen) atoms. The van der Waals surface area contributed by atoms with Gasteiger partial charge < -0.3 is 4.90 Å². The molecular weight excluding hydrogens is 730 g/mol. The fourth-order valence-corrected chi connectivity index (χ4v) is 8.18. The summed E-state index contributed by atoms with van der Waals surface area (Å²) in [4.78, 5) is 8.15. The third kappa shape index (κ3) is 7.72. The van der Waals surface area contributed by atoms with Gasteiger partial charge in [-0.15, -0.1) is 17.8 Å². The lowest BCUT2D eigenvalue weighted by molar-refractivity contribution is -0.137. The number of rotatable bonds is 7. The molecule has 0 spiro atoms. The summed E-state index contributed by atoms with van der Waals surface area (Å²) in [5.41, 5.74) is 11.4. The predicted molar refractivity (Wildman–Crippen MR) is 232 cm³/mol. The van der Waals surface area contributed by atoms with Gasteiger partial charge in [0.1, 0.15) is 0 Å². The highest BCUT2D eigenvalue weighted by Gasteiger charge is 2.30. The van der Waals surface area contributed by atoms with E-state index in [1.165, 1.54) is 17.7 Å². The van der Waals surface area contributed by atoms with Crippen LogP contribution in [0.2, 0.25) is 0 Å². The van der Waals surface area contributed by atoms with Gasteiger partial charge in [0, 0.05) is 43.8 Å². The van der Waals surface area contributed by atoms with E-state index in [1.807, 2.05) is 24.3 Å². The molecule has 0 fully saturated rings. The topological polar surface area (TPSA) is 16.1 Å².